The van der Waals surface area contributed by atoms with Gasteiger partial charge in [0, 0.05) is 24.3 Å². The molecule has 0 aliphatic carbocycles. The molecule has 13 heavy (non-hydrogen) atoms. The lowest BCUT2D eigenvalue weighted by Crippen LogP contribution is -2.22. The second kappa shape index (κ2) is 4.74. The lowest BCUT2D eigenvalue weighted by atomic mass is 10.2. The van der Waals surface area contributed by atoms with Crippen LogP contribution in [0.25, 0.3) is 0 Å². The molecule has 1 aromatic heterocycles. The molecular formula is C8H13BrN2O2. The molecule has 0 aliphatic rings. The summed E-state index contributed by atoms with van der Waals surface area (Å²) in [5, 5.41) is 19.3. The van der Waals surface area contributed by atoms with Gasteiger partial charge in [0.05, 0.1) is 6.10 Å². The summed E-state index contributed by atoms with van der Waals surface area (Å²) >= 11 is 3.10. The molecule has 2 N–H and O–H groups in total. The number of hydrogen-bond acceptors (Lipinski definition) is 3. The fraction of sp³-hybridized carbons (Fsp3) is 0.625. The number of aliphatic hydroxyl groups is 2. The Hall–Kier alpha value is -0.390. The number of hydrogen-bond donors (Lipinski definition) is 2. The van der Waals surface area contributed by atoms with Crippen molar-refractivity contribution >= 4 is 15.9 Å². The van der Waals surface area contributed by atoms with Crippen LogP contribution >= 0.6 is 15.9 Å². The van der Waals surface area contributed by atoms with Gasteiger partial charge in [0.25, 0.3) is 0 Å². The standard InChI is InChI=1S/C8H13BrN2O2/c1-2-11-4-3-10-8(11)7(13)6(12)5-9/h3-4,6-7,12-13H,2,5H2,1H3. The Labute approximate surface area is 85.4 Å². The minimum absolute atomic E-state index is 0.338. The van der Waals surface area contributed by atoms with Crippen molar-refractivity contribution in [3.05, 3.63) is 18.2 Å². The predicted octanol–water partition coefficient (Wildman–Crippen LogP) is 0.692. The van der Waals surface area contributed by atoms with E-state index in [1.165, 1.54) is 0 Å². The average Bonchev–Trinajstić information content (AvgIpc) is 2.62. The Bertz CT molecular complexity index is 264. The zero-order valence-corrected chi connectivity index (χ0v) is 8.98. The van der Waals surface area contributed by atoms with Gasteiger partial charge in [-0.3, -0.25) is 0 Å². The highest BCUT2D eigenvalue weighted by atomic mass is 79.9. The van der Waals surface area contributed by atoms with Crippen molar-refractivity contribution in [2.45, 2.75) is 25.7 Å². The maximum Gasteiger partial charge on any atom is 0.140 e. The van der Waals surface area contributed by atoms with Gasteiger partial charge in [0.2, 0.25) is 0 Å². The van der Waals surface area contributed by atoms with Gasteiger partial charge in [-0.05, 0) is 6.92 Å². The topological polar surface area (TPSA) is 58.3 Å². The quantitative estimate of drug-likeness (QED) is 0.772. The number of imidazole rings is 1. The summed E-state index contributed by atoms with van der Waals surface area (Å²) in [6, 6.07) is 0. The number of aromatic nitrogens is 2. The fourth-order valence-electron chi connectivity index (χ4n) is 1.11. The van der Waals surface area contributed by atoms with E-state index < -0.39 is 12.2 Å². The van der Waals surface area contributed by atoms with Gasteiger partial charge >= 0.3 is 0 Å². The van der Waals surface area contributed by atoms with Crippen LogP contribution in [0.4, 0.5) is 0 Å². The molecule has 5 heteroatoms. The SMILES string of the molecule is CCn1ccnc1C(O)C(O)CBr. The van der Waals surface area contributed by atoms with Crippen LogP contribution < -0.4 is 0 Å². The third-order valence-corrected chi connectivity index (χ3v) is 2.54. The van der Waals surface area contributed by atoms with Gasteiger partial charge in [-0.2, -0.15) is 0 Å². The highest BCUT2D eigenvalue weighted by molar-refractivity contribution is 9.09. The van der Waals surface area contributed by atoms with E-state index in [2.05, 4.69) is 20.9 Å². The first-order valence-electron chi connectivity index (χ1n) is 4.13. The molecule has 0 bridgehead atoms. The molecule has 1 heterocycles. The molecule has 0 saturated carbocycles. The van der Waals surface area contributed by atoms with Gasteiger partial charge in [-0.25, -0.2) is 4.98 Å². The molecule has 4 nitrogen and oxygen atoms in total. The van der Waals surface area contributed by atoms with Gasteiger partial charge in [0.15, 0.2) is 0 Å². The van der Waals surface area contributed by atoms with E-state index in [1.807, 2.05) is 6.92 Å². The van der Waals surface area contributed by atoms with E-state index in [-0.39, 0.29) is 0 Å². The fourth-order valence-corrected chi connectivity index (χ4v) is 1.46. The van der Waals surface area contributed by atoms with Crippen molar-refractivity contribution in [3.63, 3.8) is 0 Å². The van der Waals surface area contributed by atoms with Crippen LogP contribution in [0.3, 0.4) is 0 Å². The molecule has 1 aromatic rings. The highest BCUT2D eigenvalue weighted by Crippen LogP contribution is 2.16. The van der Waals surface area contributed by atoms with Crippen LogP contribution in [0.15, 0.2) is 12.4 Å². The van der Waals surface area contributed by atoms with Gasteiger partial charge in [-0.1, -0.05) is 15.9 Å². The Morgan fingerprint density at radius 3 is 2.85 bits per heavy atom. The molecule has 0 amide bonds. The summed E-state index contributed by atoms with van der Waals surface area (Å²) in [7, 11) is 0. The first-order valence-corrected chi connectivity index (χ1v) is 5.26. The van der Waals surface area contributed by atoms with Crippen molar-refractivity contribution in [2.24, 2.45) is 0 Å². The van der Waals surface area contributed by atoms with Crippen LogP contribution in [-0.2, 0) is 6.54 Å². The van der Waals surface area contributed by atoms with Crippen molar-refractivity contribution in [2.75, 3.05) is 5.33 Å². The van der Waals surface area contributed by atoms with Crippen LogP contribution in [0.1, 0.15) is 18.9 Å². The molecule has 0 spiro atoms. The minimum atomic E-state index is -0.922. The van der Waals surface area contributed by atoms with E-state index >= 15 is 0 Å². The van der Waals surface area contributed by atoms with Crippen LogP contribution in [0.2, 0.25) is 0 Å². The average molecular weight is 249 g/mol. The van der Waals surface area contributed by atoms with Crippen LogP contribution in [0, 0.1) is 0 Å². The maximum absolute atomic E-state index is 9.63. The predicted molar refractivity (Wildman–Crippen MR) is 52.7 cm³/mol. The second-order valence-corrected chi connectivity index (χ2v) is 3.39. The minimum Gasteiger partial charge on any atom is -0.389 e. The van der Waals surface area contributed by atoms with E-state index in [0.29, 0.717) is 11.2 Å². The lowest BCUT2D eigenvalue weighted by molar-refractivity contribution is 0.0264. The molecule has 0 radical (unpaired) electrons. The van der Waals surface area contributed by atoms with Crippen LogP contribution in [-0.4, -0.2) is 31.2 Å². The summed E-state index contributed by atoms with van der Waals surface area (Å²) in [6.07, 6.45) is 1.66. The first kappa shape index (κ1) is 10.7. The van der Waals surface area contributed by atoms with E-state index in [1.54, 1.807) is 17.0 Å². The summed E-state index contributed by atoms with van der Waals surface area (Å²) in [5.74, 6) is 0.509. The first-order chi connectivity index (χ1) is 6.20. The largest absolute Gasteiger partial charge is 0.389 e. The number of halogens is 1. The van der Waals surface area contributed by atoms with Crippen molar-refractivity contribution in [3.8, 4) is 0 Å². The number of rotatable bonds is 4. The molecule has 0 fully saturated rings. The monoisotopic (exact) mass is 248 g/mol. The second-order valence-electron chi connectivity index (χ2n) is 2.74. The van der Waals surface area contributed by atoms with Crippen molar-refractivity contribution < 1.29 is 10.2 Å². The molecule has 1 rings (SSSR count). The van der Waals surface area contributed by atoms with Gasteiger partial charge < -0.3 is 14.8 Å². The number of nitrogens with zero attached hydrogens (tertiary/aromatic N) is 2. The van der Waals surface area contributed by atoms with Crippen molar-refractivity contribution in [1.82, 2.24) is 9.55 Å². The molecule has 0 saturated heterocycles. The Balaban J connectivity index is 2.81. The van der Waals surface area contributed by atoms with Gasteiger partial charge in [-0.15, -0.1) is 0 Å². The number of aliphatic hydroxyl groups excluding tert-OH is 2. The third-order valence-electron chi connectivity index (χ3n) is 1.88. The molecule has 0 aromatic carbocycles. The zero-order chi connectivity index (χ0) is 9.84. The molecule has 2 atom stereocenters. The smallest absolute Gasteiger partial charge is 0.140 e. The molecule has 74 valence electrons. The lowest BCUT2D eigenvalue weighted by Gasteiger charge is -2.15. The Morgan fingerprint density at radius 1 is 1.62 bits per heavy atom. The molecule has 2 unspecified atom stereocenters. The number of alkyl halides is 1. The maximum atomic E-state index is 9.63. The van der Waals surface area contributed by atoms with Crippen molar-refractivity contribution in [1.29, 1.82) is 0 Å². The van der Waals surface area contributed by atoms with Gasteiger partial charge in [0.1, 0.15) is 11.9 Å². The Morgan fingerprint density at radius 2 is 2.31 bits per heavy atom. The molecular weight excluding hydrogens is 236 g/mol. The summed E-state index contributed by atoms with van der Waals surface area (Å²) in [6.45, 7) is 2.69. The molecule has 0 aliphatic heterocycles. The van der Waals surface area contributed by atoms with E-state index in [4.69, 9.17) is 0 Å². The van der Waals surface area contributed by atoms with E-state index in [0.717, 1.165) is 6.54 Å². The summed E-state index contributed by atoms with van der Waals surface area (Å²) in [5.41, 5.74) is 0. The third kappa shape index (κ3) is 2.30. The Kier molecular flexibility index (Phi) is 3.90. The normalized spacial score (nSPS) is 15.7. The summed E-state index contributed by atoms with van der Waals surface area (Å²) < 4.78 is 1.80. The van der Waals surface area contributed by atoms with Crippen LogP contribution in [0.5, 0.6) is 0 Å². The highest BCUT2D eigenvalue weighted by Gasteiger charge is 2.20. The zero-order valence-electron chi connectivity index (χ0n) is 7.39. The number of aryl methyl sites for hydroxylation is 1. The summed E-state index contributed by atoms with van der Waals surface area (Å²) in [4.78, 5) is 3.99. The van der Waals surface area contributed by atoms with E-state index in [9.17, 15) is 10.2 Å².